The Morgan fingerprint density at radius 2 is 1.92 bits per heavy atom. The first kappa shape index (κ1) is 20.5. The van der Waals surface area contributed by atoms with Gasteiger partial charge in [0.05, 0.1) is 5.60 Å². The fourth-order valence-electron chi connectivity index (χ4n) is 6.23. The number of esters is 1. The van der Waals surface area contributed by atoms with Crippen molar-refractivity contribution in [1.29, 1.82) is 0 Å². The van der Waals surface area contributed by atoms with Crippen LogP contribution in [0.15, 0.2) is 12.7 Å². The van der Waals surface area contributed by atoms with E-state index in [1.807, 2.05) is 6.92 Å². The normalized spacial score (nSPS) is 39.8. The molecule has 1 N–H and O–H groups in total. The van der Waals surface area contributed by atoms with Crippen molar-refractivity contribution in [2.75, 3.05) is 0 Å². The van der Waals surface area contributed by atoms with Crippen LogP contribution in [0.1, 0.15) is 86.5 Å². The number of aliphatic hydroxyl groups is 1. The van der Waals surface area contributed by atoms with Gasteiger partial charge >= 0.3 is 5.97 Å². The second kappa shape index (κ2) is 6.72. The molecule has 2 rings (SSSR count). The van der Waals surface area contributed by atoms with Crippen LogP contribution in [-0.2, 0) is 9.53 Å². The lowest BCUT2D eigenvalue weighted by Gasteiger charge is -2.62. The highest BCUT2D eigenvalue weighted by atomic mass is 16.6. The van der Waals surface area contributed by atoms with Crippen LogP contribution in [-0.4, -0.2) is 22.3 Å². The first-order valence-corrected chi connectivity index (χ1v) is 9.92. The van der Waals surface area contributed by atoms with Gasteiger partial charge in [0.25, 0.3) is 0 Å². The average Bonchev–Trinajstić information content (AvgIpc) is 2.44. The Morgan fingerprint density at radius 1 is 1.28 bits per heavy atom. The molecule has 2 aliphatic rings. The van der Waals surface area contributed by atoms with Gasteiger partial charge in [0.1, 0.15) is 5.60 Å². The van der Waals surface area contributed by atoms with Crippen molar-refractivity contribution in [3.8, 4) is 0 Å². The minimum absolute atomic E-state index is 0.140. The van der Waals surface area contributed by atoms with Crippen molar-refractivity contribution in [2.45, 2.75) is 97.7 Å². The monoisotopic (exact) mass is 350 g/mol. The van der Waals surface area contributed by atoms with Crippen LogP contribution in [0.4, 0.5) is 0 Å². The van der Waals surface area contributed by atoms with Crippen LogP contribution in [0.2, 0.25) is 0 Å². The Balaban J connectivity index is 2.38. The number of carbonyl (C=O) groups excluding carboxylic acids is 1. The molecule has 2 saturated carbocycles. The minimum atomic E-state index is -0.870. The lowest BCUT2D eigenvalue weighted by molar-refractivity contribution is -0.200. The first-order chi connectivity index (χ1) is 11.4. The fraction of sp³-hybridized carbons (Fsp3) is 0.864. The van der Waals surface area contributed by atoms with Gasteiger partial charge < -0.3 is 9.84 Å². The molecule has 3 heteroatoms. The molecule has 2 aliphatic carbocycles. The molecule has 0 aromatic rings. The summed E-state index contributed by atoms with van der Waals surface area (Å²) in [4.78, 5) is 11.8. The topological polar surface area (TPSA) is 46.5 Å². The number of hydrogen-bond acceptors (Lipinski definition) is 3. The van der Waals surface area contributed by atoms with Crippen LogP contribution in [0.25, 0.3) is 0 Å². The Kier molecular flexibility index (Phi) is 5.50. The van der Waals surface area contributed by atoms with E-state index in [9.17, 15) is 9.90 Å². The molecule has 3 nitrogen and oxygen atoms in total. The van der Waals surface area contributed by atoms with Crippen LogP contribution >= 0.6 is 0 Å². The Morgan fingerprint density at radius 3 is 2.48 bits per heavy atom. The summed E-state index contributed by atoms with van der Waals surface area (Å²) in [5.74, 6) is 0.699. The number of carbonyl (C=O) groups is 1. The molecule has 0 bridgehead atoms. The van der Waals surface area contributed by atoms with Gasteiger partial charge in [0.2, 0.25) is 0 Å². The van der Waals surface area contributed by atoms with E-state index in [-0.39, 0.29) is 17.3 Å². The van der Waals surface area contributed by atoms with E-state index in [0.717, 1.165) is 19.3 Å². The highest BCUT2D eigenvalue weighted by Gasteiger charge is 2.59. The van der Waals surface area contributed by atoms with E-state index in [1.165, 1.54) is 26.2 Å². The van der Waals surface area contributed by atoms with E-state index in [4.69, 9.17) is 4.74 Å². The number of rotatable bonds is 5. The predicted octanol–water partition coefficient (Wildman–Crippen LogP) is 5.27. The zero-order valence-electron chi connectivity index (χ0n) is 17.2. The van der Waals surface area contributed by atoms with Gasteiger partial charge in [-0.2, -0.15) is 0 Å². The molecule has 0 aromatic heterocycles. The Hall–Kier alpha value is -0.830. The van der Waals surface area contributed by atoms with E-state index in [1.54, 1.807) is 6.08 Å². The zero-order chi connectivity index (χ0) is 19.1. The Labute approximate surface area is 154 Å². The maximum Gasteiger partial charge on any atom is 0.303 e. The highest BCUT2D eigenvalue weighted by molar-refractivity contribution is 5.66. The summed E-state index contributed by atoms with van der Waals surface area (Å²) in [7, 11) is 0. The van der Waals surface area contributed by atoms with Gasteiger partial charge in [-0.05, 0) is 69.1 Å². The van der Waals surface area contributed by atoms with Crippen molar-refractivity contribution >= 4 is 5.97 Å². The average molecular weight is 351 g/mol. The molecule has 144 valence electrons. The van der Waals surface area contributed by atoms with Gasteiger partial charge in [-0.1, -0.05) is 33.3 Å². The third-order valence-electron chi connectivity index (χ3n) is 7.49. The largest absolute Gasteiger partial charge is 0.459 e. The van der Waals surface area contributed by atoms with Gasteiger partial charge in [-0.3, -0.25) is 4.79 Å². The summed E-state index contributed by atoms with van der Waals surface area (Å²) in [6, 6.07) is 0. The molecule has 25 heavy (non-hydrogen) atoms. The van der Waals surface area contributed by atoms with Crippen molar-refractivity contribution in [1.82, 2.24) is 0 Å². The van der Waals surface area contributed by atoms with Gasteiger partial charge in [0, 0.05) is 12.8 Å². The maximum absolute atomic E-state index is 11.8. The number of ether oxygens (including phenoxy) is 1. The maximum atomic E-state index is 11.8. The molecule has 0 amide bonds. The van der Waals surface area contributed by atoms with Crippen molar-refractivity contribution < 1.29 is 14.6 Å². The summed E-state index contributed by atoms with van der Waals surface area (Å²) in [6.45, 7) is 16.4. The van der Waals surface area contributed by atoms with E-state index >= 15 is 0 Å². The molecule has 0 radical (unpaired) electrons. The summed E-state index contributed by atoms with van der Waals surface area (Å²) in [5, 5.41) is 10.5. The first-order valence-electron chi connectivity index (χ1n) is 9.92. The molecule has 0 aromatic carbocycles. The molecule has 2 fully saturated rings. The molecule has 0 heterocycles. The lowest BCUT2D eigenvalue weighted by Crippen LogP contribution is -2.59. The predicted molar refractivity (Wildman–Crippen MR) is 102 cm³/mol. The summed E-state index contributed by atoms with van der Waals surface area (Å²) in [6.07, 6.45) is 8.84. The molecule has 0 aliphatic heterocycles. The molecule has 0 spiro atoms. The smallest absolute Gasteiger partial charge is 0.303 e. The van der Waals surface area contributed by atoms with E-state index < -0.39 is 11.2 Å². The van der Waals surface area contributed by atoms with Gasteiger partial charge in [-0.15, -0.1) is 6.58 Å². The summed E-state index contributed by atoms with van der Waals surface area (Å²) < 4.78 is 5.93. The molecule has 0 saturated heterocycles. The van der Waals surface area contributed by atoms with Crippen LogP contribution in [0.3, 0.4) is 0 Å². The summed E-state index contributed by atoms with van der Waals surface area (Å²) >= 11 is 0. The second-order valence-electron chi connectivity index (χ2n) is 10.00. The van der Waals surface area contributed by atoms with E-state index in [0.29, 0.717) is 17.8 Å². The molecule has 0 unspecified atom stereocenters. The van der Waals surface area contributed by atoms with Crippen molar-refractivity contribution in [3.05, 3.63) is 12.7 Å². The fourth-order valence-corrected chi connectivity index (χ4v) is 6.23. The molecule has 5 atom stereocenters. The van der Waals surface area contributed by atoms with Crippen LogP contribution < -0.4 is 0 Å². The highest BCUT2D eigenvalue weighted by Crippen LogP contribution is 2.63. The number of hydrogen-bond donors (Lipinski definition) is 1. The molecular weight excluding hydrogens is 312 g/mol. The van der Waals surface area contributed by atoms with Gasteiger partial charge in [0.15, 0.2) is 0 Å². The van der Waals surface area contributed by atoms with Crippen molar-refractivity contribution in [3.63, 3.8) is 0 Å². The van der Waals surface area contributed by atoms with Crippen LogP contribution in [0.5, 0.6) is 0 Å². The zero-order valence-corrected chi connectivity index (χ0v) is 17.2. The minimum Gasteiger partial charge on any atom is -0.459 e. The third-order valence-corrected chi connectivity index (χ3v) is 7.49. The van der Waals surface area contributed by atoms with Crippen molar-refractivity contribution in [2.24, 2.45) is 22.7 Å². The molecular formula is C22H38O3. The van der Waals surface area contributed by atoms with Crippen LogP contribution in [0, 0.1) is 22.7 Å². The third kappa shape index (κ3) is 3.97. The second-order valence-corrected chi connectivity index (χ2v) is 10.00. The standard InChI is InChI=1S/C22H38O3/c1-8-20(5,24)14-10-18-21(6)13-9-12-19(3,4)17(21)11-15-22(18,7)25-16(2)23/h8,17-18,24H,1,9-15H2,2-7H3/t17-,18+,20+,21+,22-/m1/s1. The quantitative estimate of drug-likeness (QED) is 0.543. The SMILES string of the molecule is C=C[C@](C)(O)CC[C@H]1[C@@]2(C)CCCC(C)(C)[C@H]2CC[C@@]1(C)OC(C)=O. The Bertz CT molecular complexity index is 521. The van der Waals surface area contributed by atoms with Gasteiger partial charge in [-0.25, -0.2) is 0 Å². The van der Waals surface area contributed by atoms with E-state index in [2.05, 4.69) is 34.3 Å². The lowest BCUT2D eigenvalue weighted by atomic mass is 9.45. The number of fused-ring (bicyclic) bond motifs is 1. The summed E-state index contributed by atoms with van der Waals surface area (Å²) in [5.41, 5.74) is -0.850.